The predicted molar refractivity (Wildman–Crippen MR) is 72.1 cm³/mol. The quantitative estimate of drug-likeness (QED) is 0.788. The van der Waals surface area contributed by atoms with Crippen molar-refractivity contribution in [2.75, 3.05) is 30.4 Å². The number of carbonyl (C=O) groups is 1. The molecule has 0 aromatic heterocycles. The van der Waals surface area contributed by atoms with E-state index < -0.39 is 5.60 Å². The molecule has 19 heavy (non-hydrogen) atoms. The van der Waals surface area contributed by atoms with E-state index in [1.54, 1.807) is 17.0 Å². The third-order valence-electron chi connectivity index (χ3n) is 3.78. The molecule has 102 valence electrons. The summed E-state index contributed by atoms with van der Waals surface area (Å²) < 4.78 is 11.1. The summed E-state index contributed by atoms with van der Waals surface area (Å²) in [5, 5.41) is 0. The minimum Gasteiger partial charge on any atom is -0.440 e. The highest BCUT2D eigenvalue weighted by Gasteiger charge is 2.42. The Morgan fingerprint density at radius 1 is 1.32 bits per heavy atom. The maximum absolute atomic E-state index is 12.2. The number of nitrogens with zero attached hydrogens (tertiary/aromatic N) is 1. The maximum atomic E-state index is 12.2. The average molecular weight is 262 g/mol. The lowest BCUT2D eigenvalue weighted by molar-refractivity contribution is -0.100. The maximum Gasteiger partial charge on any atom is 0.414 e. The van der Waals surface area contributed by atoms with Crippen molar-refractivity contribution in [2.45, 2.75) is 24.9 Å². The molecular formula is C14H18N2O3. The lowest BCUT2D eigenvalue weighted by Gasteiger charge is -2.42. The first-order valence-electron chi connectivity index (χ1n) is 6.62. The van der Waals surface area contributed by atoms with E-state index in [2.05, 4.69) is 0 Å². The molecule has 5 nitrogen and oxygen atoms in total. The Hall–Kier alpha value is -1.75. The van der Waals surface area contributed by atoms with Gasteiger partial charge in [-0.05, 0) is 31.0 Å². The lowest BCUT2D eigenvalue weighted by atomic mass is 9.91. The Balaban J connectivity index is 1.76. The number of anilines is 2. The fourth-order valence-corrected chi connectivity index (χ4v) is 2.73. The van der Waals surface area contributed by atoms with E-state index in [0.29, 0.717) is 18.8 Å². The van der Waals surface area contributed by atoms with E-state index in [4.69, 9.17) is 15.2 Å². The van der Waals surface area contributed by atoms with Crippen molar-refractivity contribution < 1.29 is 14.3 Å². The standard InChI is InChI=1S/C14H18N2O3/c15-11-3-1-4-12(9-11)16-7-6-14(19-13(16)17)5-2-8-18-10-14/h1,3-4,9H,2,5-8,10,15H2. The van der Waals surface area contributed by atoms with Crippen LogP contribution in [0.5, 0.6) is 0 Å². The fraction of sp³-hybridized carbons (Fsp3) is 0.500. The molecule has 1 unspecified atom stereocenters. The second-order valence-corrected chi connectivity index (χ2v) is 5.20. The van der Waals surface area contributed by atoms with Crippen LogP contribution in [0, 0.1) is 0 Å². The number of benzene rings is 1. The number of carbonyl (C=O) groups excluding carboxylic acids is 1. The zero-order valence-electron chi connectivity index (χ0n) is 10.8. The number of nitrogens with two attached hydrogens (primary N) is 1. The number of ether oxygens (including phenoxy) is 2. The second kappa shape index (κ2) is 4.74. The van der Waals surface area contributed by atoms with Gasteiger partial charge in [-0.3, -0.25) is 4.90 Å². The van der Waals surface area contributed by atoms with Crippen molar-refractivity contribution in [1.29, 1.82) is 0 Å². The van der Waals surface area contributed by atoms with Crippen LogP contribution in [0.4, 0.5) is 16.2 Å². The van der Waals surface area contributed by atoms with Gasteiger partial charge < -0.3 is 15.2 Å². The smallest absolute Gasteiger partial charge is 0.414 e. The van der Waals surface area contributed by atoms with Gasteiger partial charge in [0.15, 0.2) is 0 Å². The molecule has 5 heteroatoms. The molecular weight excluding hydrogens is 244 g/mol. The summed E-state index contributed by atoms with van der Waals surface area (Å²) in [6.45, 7) is 1.92. The molecule has 2 saturated heterocycles. The van der Waals surface area contributed by atoms with E-state index in [0.717, 1.165) is 31.6 Å². The SMILES string of the molecule is Nc1cccc(N2CCC3(CCCOC3)OC2=O)c1. The number of nitrogen functional groups attached to an aromatic ring is 1. The Kier molecular flexibility index (Phi) is 3.06. The van der Waals surface area contributed by atoms with Crippen LogP contribution in [0.25, 0.3) is 0 Å². The summed E-state index contributed by atoms with van der Waals surface area (Å²) >= 11 is 0. The van der Waals surface area contributed by atoms with Crippen molar-refractivity contribution >= 4 is 17.5 Å². The van der Waals surface area contributed by atoms with Crippen molar-refractivity contribution in [2.24, 2.45) is 0 Å². The molecule has 2 aliphatic heterocycles. The third kappa shape index (κ3) is 2.38. The van der Waals surface area contributed by atoms with Gasteiger partial charge in [0.05, 0.1) is 6.61 Å². The number of hydrogen-bond acceptors (Lipinski definition) is 4. The molecule has 0 saturated carbocycles. The molecule has 1 amide bonds. The van der Waals surface area contributed by atoms with E-state index in [9.17, 15) is 4.79 Å². The van der Waals surface area contributed by atoms with Crippen molar-refractivity contribution in [3.8, 4) is 0 Å². The fourth-order valence-electron chi connectivity index (χ4n) is 2.73. The number of hydrogen-bond donors (Lipinski definition) is 1. The predicted octanol–water partition coefficient (Wildman–Crippen LogP) is 2.16. The second-order valence-electron chi connectivity index (χ2n) is 5.20. The van der Waals surface area contributed by atoms with Crippen LogP contribution in [0.2, 0.25) is 0 Å². The Morgan fingerprint density at radius 2 is 2.21 bits per heavy atom. The summed E-state index contributed by atoms with van der Waals surface area (Å²) in [5.74, 6) is 0. The van der Waals surface area contributed by atoms with Crippen LogP contribution in [-0.2, 0) is 9.47 Å². The van der Waals surface area contributed by atoms with Crippen molar-refractivity contribution in [1.82, 2.24) is 0 Å². The van der Waals surface area contributed by atoms with Crippen LogP contribution < -0.4 is 10.6 Å². The minimum atomic E-state index is -0.411. The van der Waals surface area contributed by atoms with Crippen LogP contribution in [0.3, 0.4) is 0 Å². The first-order chi connectivity index (χ1) is 9.19. The Bertz CT molecular complexity index is 483. The summed E-state index contributed by atoms with van der Waals surface area (Å²) in [4.78, 5) is 13.8. The van der Waals surface area contributed by atoms with Crippen LogP contribution in [0.15, 0.2) is 24.3 Å². The molecule has 0 bridgehead atoms. The topological polar surface area (TPSA) is 64.8 Å². The number of amides is 1. The van der Waals surface area contributed by atoms with E-state index in [1.165, 1.54) is 0 Å². The molecule has 2 fully saturated rings. The first kappa shape index (κ1) is 12.3. The van der Waals surface area contributed by atoms with Gasteiger partial charge in [-0.2, -0.15) is 0 Å². The van der Waals surface area contributed by atoms with E-state index in [1.807, 2.05) is 12.1 Å². The normalized spacial score (nSPS) is 27.4. The van der Waals surface area contributed by atoms with Gasteiger partial charge in [0.2, 0.25) is 0 Å². The molecule has 2 N–H and O–H groups in total. The average Bonchev–Trinajstić information content (AvgIpc) is 2.39. The summed E-state index contributed by atoms with van der Waals surface area (Å²) in [7, 11) is 0. The zero-order valence-corrected chi connectivity index (χ0v) is 10.8. The first-order valence-corrected chi connectivity index (χ1v) is 6.62. The molecule has 0 aliphatic carbocycles. The highest BCUT2D eigenvalue weighted by molar-refractivity contribution is 5.89. The molecule has 1 spiro atoms. The van der Waals surface area contributed by atoms with Crippen molar-refractivity contribution in [3.05, 3.63) is 24.3 Å². The van der Waals surface area contributed by atoms with E-state index in [-0.39, 0.29) is 6.09 Å². The molecule has 1 atom stereocenters. The Labute approximate surface area is 112 Å². The highest BCUT2D eigenvalue weighted by Crippen LogP contribution is 2.33. The monoisotopic (exact) mass is 262 g/mol. The van der Waals surface area contributed by atoms with Gasteiger partial charge >= 0.3 is 6.09 Å². The van der Waals surface area contributed by atoms with Crippen LogP contribution in [-0.4, -0.2) is 31.5 Å². The van der Waals surface area contributed by atoms with Crippen LogP contribution in [0.1, 0.15) is 19.3 Å². The van der Waals surface area contributed by atoms with E-state index >= 15 is 0 Å². The van der Waals surface area contributed by atoms with Gasteiger partial charge in [0.1, 0.15) is 5.60 Å². The summed E-state index contributed by atoms with van der Waals surface area (Å²) in [5.41, 5.74) is 6.77. The molecule has 2 heterocycles. The molecule has 1 aromatic carbocycles. The van der Waals surface area contributed by atoms with Gasteiger partial charge in [0, 0.05) is 30.9 Å². The zero-order chi connectivity index (χ0) is 13.3. The minimum absolute atomic E-state index is 0.303. The summed E-state index contributed by atoms with van der Waals surface area (Å²) in [6, 6.07) is 7.30. The van der Waals surface area contributed by atoms with Crippen molar-refractivity contribution in [3.63, 3.8) is 0 Å². The van der Waals surface area contributed by atoms with Gasteiger partial charge in [-0.15, -0.1) is 0 Å². The highest BCUT2D eigenvalue weighted by atomic mass is 16.6. The number of rotatable bonds is 1. The lowest BCUT2D eigenvalue weighted by Crippen LogP contribution is -2.53. The van der Waals surface area contributed by atoms with Crippen LogP contribution >= 0.6 is 0 Å². The summed E-state index contributed by atoms with van der Waals surface area (Å²) in [6.07, 6.45) is 2.34. The Morgan fingerprint density at radius 3 is 2.89 bits per heavy atom. The van der Waals surface area contributed by atoms with Gasteiger partial charge in [-0.25, -0.2) is 4.79 Å². The largest absolute Gasteiger partial charge is 0.440 e. The van der Waals surface area contributed by atoms with Gasteiger partial charge in [-0.1, -0.05) is 6.07 Å². The van der Waals surface area contributed by atoms with Gasteiger partial charge in [0.25, 0.3) is 0 Å². The molecule has 1 aromatic rings. The third-order valence-corrected chi connectivity index (χ3v) is 3.78. The molecule has 0 radical (unpaired) electrons. The molecule has 3 rings (SSSR count). The molecule has 2 aliphatic rings.